The summed E-state index contributed by atoms with van der Waals surface area (Å²) in [6, 6.07) is 3.06. The van der Waals surface area contributed by atoms with Crippen molar-refractivity contribution in [2.24, 2.45) is 12.2 Å². The lowest BCUT2D eigenvalue weighted by molar-refractivity contribution is 0.0950. The molecule has 2 heterocycles. The standard InChI is InChI=1S/C13H15N7O/c1-8-11(9(2)20(3)18-8)7-16-13(21)10-4-5-12(15-6-10)17-19-14/h4-6H,7H2,1-3H3,(H,16,21). The van der Waals surface area contributed by atoms with Gasteiger partial charge in [0.2, 0.25) is 0 Å². The van der Waals surface area contributed by atoms with Gasteiger partial charge in [0.1, 0.15) is 5.82 Å². The van der Waals surface area contributed by atoms with Crippen LogP contribution in [0.1, 0.15) is 27.3 Å². The minimum Gasteiger partial charge on any atom is -0.348 e. The normalized spacial score (nSPS) is 10.0. The zero-order chi connectivity index (χ0) is 15.4. The number of hydrogen-bond donors (Lipinski definition) is 1. The Balaban J connectivity index is 2.06. The predicted octanol–water partition coefficient (Wildman–Crippen LogP) is 2.30. The Bertz CT molecular complexity index is 711. The summed E-state index contributed by atoms with van der Waals surface area (Å²) in [5.41, 5.74) is 11.6. The number of amides is 1. The second-order valence-electron chi connectivity index (χ2n) is 4.55. The first kappa shape index (κ1) is 14.5. The second kappa shape index (κ2) is 6.06. The van der Waals surface area contributed by atoms with E-state index in [1.807, 2.05) is 20.9 Å². The highest BCUT2D eigenvalue weighted by Gasteiger charge is 2.11. The first-order valence-corrected chi connectivity index (χ1v) is 6.31. The van der Waals surface area contributed by atoms with Crippen molar-refractivity contribution in [3.05, 3.63) is 51.3 Å². The highest BCUT2D eigenvalue weighted by atomic mass is 16.1. The third-order valence-electron chi connectivity index (χ3n) is 3.24. The Kier molecular flexibility index (Phi) is 4.20. The van der Waals surface area contributed by atoms with Crippen LogP contribution < -0.4 is 5.32 Å². The molecule has 0 aromatic carbocycles. The molecule has 21 heavy (non-hydrogen) atoms. The predicted molar refractivity (Wildman–Crippen MR) is 76.9 cm³/mol. The van der Waals surface area contributed by atoms with Crippen LogP contribution in [0.25, 0.3) is 10.4 Å². The molecule has 8 nitrogen and oxygen atoms in total. The number of carbonyl (C=O) groups excluding carboxylic acids is 1. The van der Waals surface area contributed by atoms with E-state index in [1.165, 1.54) is 12.3 Å². The van der Waals surface area contributed by atoms with Crippen LogP contribution in [0.3, 0.4) is 0 Å². The zero-order valence-electron chi connectivity index (χ0n) is 12.0. The van der Waals surface area contributed by atoms with Gasteiger partial charge in [0.25, 0.3) is 5.91 Å². The van der Waals surface area contributed by atoms with E-state index in [0.717, 1.165) is 17.0 Å². The molecule has 0 radical (unpaired) electrons. The minimum absolute atomic E-state index is 0.230. The molecule has 0 unspecified atom stereocenters. The second-order valence-corrected chi connectivity index (χ2v) is 4.55. The van der Waals surface area contributed by atoms with Gasteiger partial charge in [-0.15, -0.1) is 0 Å². The van der Waals surface area contributed by atoms with Crippen molar-refractivity contribution in [2.45, 2.75) is 20.4 Å². The van der Waals surface area contributed by atoms with Gasteiger partial charge >= 0.3 is 0 Å². The molecule has 0 atom stereocenters. The number of nitrogens with one attached hydrogen (secondary N) is 1. The highest BCUT2D eigenvalue weighted by molar-refractivity contribution is 5.93. The summed E-state index contributed by atoms with van der Waals surface area (Å²) in [7, 11) is 1.87. The topological polar surface area (TPSA) is 109 Å². The van der Waals surface area contributed by atoms with Gasteiger partial charge in [-0.25, -0.2) is 0 Å². The summed E-state index contributed by atoms with van der Waals surface area (Å²) >= 11 is 0. The lowest BCUT2D eigenvalue weighted by Gasteiger charge is -2.06. The Morgan fingerprint density at radius 1 is 1.48 bits per heavy atom. The Morgan fingerprint density at radius 3 is 2.76 bits per heavy atom. The molecule has 1 amide bonds. The number of aryl methyl sites for hydroxylation is 2. The molecule has 2 aromatic heterocycles. The molecule has 0 fully saturated rings. The molecular weight excluding hydrogens is 270 g/mol. The SMILES string of the molecule is Cc1nn(C)c(C)c1CNC(=O)c1ccc(N=[N+]=[N-])nc1. The van der Waals surface area contributed by atoms with Crippen LogP contribution in [-0.2, 0) is 13.6 Å². The van der Waals surface area contributed by atoms with E-state index >= 15 is 0 Å². The van der Waals surface area contributed by atoms with E-state index < -0.39 is 0 Å². The van der Waals surface area contributed by atoms with Crippen LogP contribution in [0.4, 0.5) is 5.82 Å². The van der Waals surface area contributed by atoms with Gasteiger partial charge < -0.3 is 5.32 Å². The zero-order valence-corrected chi connectivity index (χ0v) is 12.0. The van der Waals surface area contributed by atoms with Crippen molar-refractivity contribution < 1.29 is 4.79 Å². The molecule has 0 spiro atoms. The molecule has 1 N–H and O–H groups in total. The summed E-state index contributed by atoms with van der Waals surface area (Å²) in [5.74, 6) is -0.00867. The molecule has 0 aliphatic heterocycles. The molecule has 0 aliphatic carbocycles. The molecule has 0 aliphatic rings. The van der Waals surface area contributed by atoms with Crippen molar-refractivity contribution in [3.8, 4) is 0 Å². The number of azide groups is 1. The molecule has 108 valence electrons. The summed E-state index contributed by atoms with van der Waals surface area (Å²) in [6.07, 6.45) is 1.38. The molecule has 0 bridgehead atoms. The Hall–Kier alpha value is -2.86. The van der Waals surface area contributed by atoms with Crippen LogP contribution in [0.15, 0.2) is 23.4 Å². The highest BCUT2D eigenvalue weighted by Crippen LogP contribution is 2.12. The molecule has 8 heteroatoms. The smallest absolute Gasteiger partial charge is 0.253 e. The van der Waals surface area contributed by atoms with Crippen LogP contribution in [0.5, 0.6) is 0 Å². The van der Waals surface area contributed by atoms with E-state index in [2.05, 4.69) is 25.4 Å². The lowest BCUT2D eigenvalue weighted by atomic mass is 10.2. The molecule has 0 saturated heterocycles. The number of nitrogens with zero attached hydrogens (tertiary/aromatic N) is 6. The van der Waals surface area contributed by atoms with Crippen molar-refractivity contribution in [2.75, 3.05) is 0 Å². The Labute approximate surface area is 121 Å². The van der Waals surface area contributed by atoms with Gasteiger partial charge in [0.05, 0.1) is 11.3 Å². The van der Waals surface area contributed by atoms with E-state index in [-0.39, 0.29) is 11.7 Å². The van der Waals surface area contributed by atoms with Gasteiger partial charge in [-0.05, 0) is 36.6 Å². The van der Waals surface area contributed by atoms with Gasteiger partial charge in [0, 0.05) is 36.0 Å². The summed E-state index contributed by atoms with van der Waals surface area (Å²) in [6.45, 7) is 4.27. The van der Waals surface area contributed by atoms with Crippen molar-refractivity contribution >= 4 is 11.7 Å². The number of pyridine rings is 1. The van der Waals surface area contributed by atoms with Crippen LogP contribution in [-0.4, -0.2) is 20.7 Å². The van der Waals surface area contributed by atoms with Crippen LogP contribution in [0, 0.1) is 13.8 Å². The molecule has 2 aromatic rings. The maximum atomic E-state index is 12.0. The molecular formula is C13H15N7O. The first-order chi connectivity index (χ1) is 10.0. The van der Waals surface area contributed by atoms with E-state index in [9.17, 15) is 4.79 Å². The third-order valence-corrected chi connectivity index (χ3v) is 3.24. The number of rotatable bonds is 4. The average Bonchev–Trinajstić information content (AvgIpc) is 2.71. The van der Waals surface area contributed by atoms with E-state index in [4.69, 9.17) is 5.53 Å². The van der Waals surface area contributed by atoms with Gasteiger partial charge in [-0.3, -0.25) is 14.5 Å². The fourth-order valence-electron chi connectivity index (χ4n) is 1.97. The Morgan fingerprint density at radius 2 is 2.24 bits per heavy atom. The quantitative estimate of drug-likeness (QED) is 0.528. The monoisotopic (exact) mass is 285 g/mol. The molecule has 2 rings (SSSR count). The first-order valence-electron chi connectivity index (χ1n) is 6.31. The van der Waals surface area contributed by atoms with Crippen LogP contribution >= 0.6 is 0 Å². The van der Waals surface area contributed by atoms with E-state index in [1.54, 1.807) is 10.7 Å². The maximum Gasteiger partial charge on any atom is 0.253 e. The fourth-order valence-corrected chi connectivity index (χ4v) is 1.97. The number of carbonyl (C=O) groups is 1. The van der Waals surface area contributed by atoms with E-state index in [0.29, 0.717) is 12.1 Å². The number of aromatic nitrogens is 3. The average molecular weight is 285 g/mol. The minimum atomic E-state index is -0.238. The van der Waals surface area contributed by atoms with Crippen LogP contribution in [0.2, 0.25) is 0 Å². The third kappa shape index (κ3) is 3.18. The summed E-state index contributed by atoms with van der Waals surface area (Å²) in [5, 5.41) is 10.5. The van der Waals surface area contributed by atoms with Crippen molar-refractivity contribution in [3.63, 3.8) is 0 Å². The van der Waals surface area contributed by atoms with Crippen molar-refractivity contribution in [1.82, 2.24) is 20.1 Å². The lowest BCUT2D eigenvalue weighted by Crippen LogP contribution is -2.23. The van der Waals surface area contributed by atoms with Crippen molar-refractivity contribution in [1.29, 1.82) is 0 Å². The fraction of sp³-hybridized carbons (Fsp3) is 0.308. The van der Waals surface area contributed by atoms with Gasteiger partial charge in [-0.1, -0.05) is 0 Å². The number of hydrogen-bond acceptors (Lipinski definition) is 4. The van der Waals surface area contributed by atoms with Gasteiger partial charge in [0.15, 0.2) is 0 Å². The molecule has 0 saturated carbocycles. The summed E-state index contributed by atoms with van der Waals surface area (Å²) in [4.78, 5) is 18.6. The largest absolute Gasteiger partial charge is 0.348 e. The van der Waals surface area contributed by atoms with Gasteiger partial charge in [-0.2, -0.15) is 5.10 Å². The summed E-state index contributed by atoms with van der Waals surface area (Å²) < 4.78 is 1.78. The maximum absolute atomic E-state index is 12.0.